The van der Waals surface area contributed by atoms with Crippen LogP contribution in [0.4, 0.5) is 0 Å². The maximum atomic E-state index is 9.72. The first kappa shape index (κ1) is 14.3. The normalized spacial score (nSPS) is 22.2. The fourth-order valence-electron chi connectivity index (χ4n) is 2.71. The SMILES string of the molecule is CC/C=C(/CN1CCC[C@H](O)CC1)c1ccccc1. The lowest BCUT2D eigenvalue weighted by atomic mass is 10.0. The molecule has 0 radical (unpaired) electrons. The van der Waals surface area contributed by atoms with E-state index in [9.17, 15) is 5.11 Å². The van der Waals surface area contributed by atoms with Crippen LogP contribution < -0.4 is 0 Å². The summed E-state index contributed by atoms with van der Waals surface area (Å²) >= 11 is 0. The standard InChI is InChI=1S/C17H25NO/c1-2-7-16(15-8-4-3-5-9-15)14-18-12-6-10-17(19)11-13-18/h3-5,7-9,17,19H,2,6,10-14H2,1H3/b16-7-/t17-/m0/s1. The number of rotatable bonds is 4. The number of nitrogens with zero attached hydrogens (tertiary/aromatic N) is 1. The van der Waals surface area contributed by atoms with Gasteiger partial charge in [0.15, 0.2) is 0 Å². The highest BCUT2D eigenvalue weighted by molar-refractivity contribution is 5.66. The van der Waals surface area contributed by atoms with Gasteiger partial charge in [-0.05, 0) is 43.4 Å². The molecule has 1 aliphatic rings. The van der Waals surface area contributed by atoms with Gasteiger partial charge in [0, 0.05) is 13.1 Å². The van der Waals surface area contributed by atoms with Gasteiger partial charge in [0.25, 0.3) is 0 Å². The Balaban J connectivity index is 2.03. The smallest absolute Gasteiger partial charge is 0.0553 e. The zero-order chi connectivity index (χ0) is 13.5. The predicted octanol–water partition coefficient (Wildman–Crippen LogP) is 3.33. The second kappa shape index (κ2) is 7.46. The van der Waals surface area contributed by atoms with Crippen molar-refractivity contribution in [3.63, 3.8) is 0 Å². The van der Waals surface area contributed by atoms with Gasteiger partial charge >= 0.3 is 0 Å². The number of benzene rings is 1. The summed E-state index contributed by atoms with van der Waals surface area (Å²) in [6, 6.07) is 10.6. The summed E-state index contributed by atoms with van der Waals surface area (Å²) in [5, 5.41) is 9.72. The minimum Gasteiger partial charge on any atom is -0.393 e. The van der Waals surface area contributed by atoms with Crippen LogP contribution in [0.25, 0.3) is 5.57 Å². The van der Waals surface area contributed by atoms with Crippen molar-refractivity contribution < 1.29 is 5.11 Å². The van der Waals surface area contributed by atoms with Gasteiger partial charge in [0.05, 0.1) is 6.10 Å². The minimum atomic E-state index is -0.0969. The molecule has 0 amide bonds. The molecule has 1 heterocycles. The monoisotopic (exact) mass is 259 g/mol. The van der Waals surface area contributed by atoms with Crippen molar-refractivity contribution in [3.05, 3.63) is 42.0 Å². The average molecular weight is 259 g/mol. The summed E-state index contributed by atoms with van der Waals surface area (Å²) in [5.74, 6) is 0. The Hall–Kier alpha value is -1.12. The molecule has 1 aromatic rings. The quantitative estimate of drug-likeness (QED) is 0.896. The van der Waals surface area contributed by atoms with Crippen molar-refractivity contribution in [1.29, 1.82) is 0 Å². The maximum Gasteiger partial charge on any atom is 0.0553 e. The first-order chi connectivity index (χ1) is 9.29. The topological polar surface area (TPSA) is 23.5 Å². The highest BCUT2D eigenvalue weighted by Crippen LogP contribution is 2.19. The molecule has 1 N–H and O–H groups in total. The molecule has 19 heavy (non-hydrogen) atoms. The van der Waals surface area contributed by atoms with Crippen LogP contribution in [0.2, 0.25) is 0 Å². The second-order valence-electron chi connectivity index (χ2n) is 5.36. The summed E-state index contributed by atoms with van der Waals surface area (Å²) in [5.41, 5.74) is 2.74. The molecule has 0 unspecified atom stereocenters. The number of allylic oxidation sites excluding steroid dienone is 1. The van der Waals surface area contributed by atoms with Crippen molar-refractivity contribution in [1.82, 2.24) is 4.90 Å². The Kier molecular flexibility index (Phi) is 5.62. The van der Waals surface area contributed by atoms with Gasteiger partial charge in [-0.25, -0.2) is 0 Å². The van der Waals surface area contributed by atoms with Gasteiger partial charge in [0.1, 0.15) is 0 Å². The van der Waals surface area contributed by atoms with Gasteiger partial charge in [-0.15, -0.1) is 0 Å². The van der Waals surface area contributed by atoms with Crippen LogP contribution in [0.1, 0.15) is 38.2 Å². The number of hydrogen-bond acceptors (Lipinski definition) is 2. The maximum absolute atomic E-state index is 9.72. The molecule has 1 saturated heterocycles. The van der Waals surface area contributed by atoms with Crippen molar-refractivity contribution in [3.8, 4) is 0 Å². The van der Waals surface area contributed by atoms with E-state index >= 15 is 0 Å². The largest absolute Gasteiger partial charge is 0.393 e. The molecule has 2 rings (SSSR count). The van der Waals surface area contributed by atoms with Crippen LogP contribution in [-0.4, -0.2) is 35.7 Å². The molecule has 1 aliphatic heterocycles. The molecular formula is C17H25NO. The van der Waals surface area contributed by atoms with Crippen LogP contribution in [0.5, 0.6) is 0 Å². The summed E-state index contributed by atoms with van der Waals surface area (Å²) in [7, 11) is 0. The van der Waals surface area contributed by atoms with E-state index in [1.54, 1.807) is 0 Å². The molecule has 0 spiro atoms. The Morgan fingerprint density at radius 2 is 2.05 bits per heavy atom. The lowest BCUT2D eigenvalue weighted by Gasteiger charge is -2.22. The third-order valence-corrected chi connectivity index (χ3v) is 3.78. The Labute approximate surface area is 116 Å². The number of aliphatic hydroxyl groups excluding tert-OH is 1. The Morgan fingerprint density at radius 3 is 2.79 bits per heavy atom. The Morgan fingerprint density at radius 1 is 1.26 bits per heavy atom. The van der Waals surface area contributed by atoms with Crippen LogP contribution >= 0.6 is 0 Å². The highest BCUT2D eigenvalue weighted by atomic mass is 16.3. The van der Waals surface area contributed by atoms with E-state index < -0.39 is 0 Å². The zero-order valence-corrected chi connectivity index (χ0v) is 11.9. The van der Waals surface area contributed by atoms with Crippen LogP contribution in [0.15, 0.2) is 36.4 Å². The first-order valence-electron chi connectivity index (χ1n) is 7.44. The van der Waals surface area contributed by atoms with Crippen LogP contribution in [0.3, 0.4) is 0 Å². The van der Waals surface area contributed by atoms with Crippen molar-refractivity contribution in [2.45, 2.75) is 38.7 Å². The van der Waals surface area contributed by atoms with E-state index in [0.29, 0.717) is 0 Å². The van der Waals surface area contributed by atoms with Gasteiger partial charge in [-0.1, -0.05) is 43.3 Å². The van der Waals surface area contributed by atoms with Crippen LogP contribution in [0, 0.1) is 0 Å². The van der Waals surface area contributed by atoms with E-state index in [0.717, 1.165) is 45.3 Å². The first-order valence-corrected chi connectivity index (χ1v) is 7.44. The predicted molar refractivity (Wildman–Crippen MR) is 81.0 cm³/mol. The zero-order valence-electron chi connectivity index (χ0n) is 11.9. The summed E-state index contributed by atoms with van der Waals surface area (Å²) in [6.07, 6.45) is 6.27. The molecule has 1 aromatic carbocycles. The lowest BCUT2D eigenvalue weighted by Crippen LogP contribution is -2.27. The summed E-state index contributed by atoms with van der Waals surface area (Å²) in [4.78, 5) is 2.48. The molecule has 2 nitrogen and oxygen atoms in total. The van der Waals surface area contributed by atoms with Gasteiger partial charge in [-0.3, -0.25) is 4.90 Å². The molecule has 0 aromatic heterocycles. The van der Waals surface area contributed by atoms with Crippen molar-refractivity contribution >= 4 is 5.57 Å². The van der Waals surface area contributed by atoms with Crippen molar-refractivity contribution in [2.24, 2.45) is 0 Å². The van der Waals surface area contributed by atoms with E-state index in [1.165, 1.54) is 11.1 Å². The summed E-state index contributed by atoms with van der Waals surface area (Å²) < 4.78 is 0. The molecule has 1 fully saturated rings. The highest BCUT2D eigenvalue weighted by Gasteiger charge is 2.16. The molecule has 0 aliphatic carbocycles. The number of likely N-dealkylation sites (tertiary alicyclic amines) is 1. The second-order valence-corrected chi connectivity index (χ2v) is 5.36. The van der Waals surface area contributed by atoms with Gasteiger partial charge in [0.2, 0.25) is 0 Å². The van der Waals surface area contributed by atoms with E-state index in [-0.39, 0.29) is 6.10 Å². The number of hydrogen-bond donors (Lipinski definition) is 1. The van der Waals surface area contributed by atoms with Gasteiger partial charge < -0.3 is 5.11 Å². The minimum absolute atomic E-state index is 0.0969. The molecule has 0 saturated carbocycles. The lowest BCUT2D eigenvalue weighted by molar-refractivity contribution is 0.156. The fourth-order valence-corrected chi connectivity index (χ4v) is 2.71. The average Bonchev–Trinajstić information content (AvgIpc) is 2.64. The molecule has 104 valence electrons. The molecular weight excluding hydrogens is 234 g/mol. The summed E-state index contributed by atoms with van der Waals surface area (Å²) in [6.45, 7) is 5.31. The van der Waals surface area contributed by atoms with Crippen molar-refractivity contribution in [2.75, 3.05) is 19.6 Å². The van der Waals surface area contributed by atoms with Gasteiger partial charge in [-0.2, -0.15) is 0 Å². The molecule has 1 atom stereocenters. The Bertz CT molecular complexity index is 399. The fraction of sp³-hybridized carbons (Fsp3) is 0.529. The molecule has 0 bridgehead atoms. The third-order valence-electron chi connectivity index (χ3n) is 3.78. The van der Waals surface area contributed by atoms with E-state index in [2.05, 4.69) is 48.2 Å². The van der Waals surface area contributed by atoms with E-state index in [1.807, 2.05) is 0 Å². The van der Waals surface area contributed by atoms with E-state index in [4.69, 9.17) is 0 Å². The van der Waals surface area contributed by atoms with Crippen LogP contribution in [-0.2, 0) is 0 Å². The number of aliphatic hydroxyl groups is 1. The third kappa shape index (κ3) is 4.48. The molecule has 2 heteroatoms.